The van der Waals surface area contributed by atoms with Gasteiger partial charge in [-0.05, 0) is 6.42 Å². The lowest BCUT2D eigenvalue weighted by atomic mass is 10.3. The van der Waals surface area contributed by atoms with Crippen molar-refractivity contribution in [2.75, 3.05) is 7.11 Å². The third kappa shape index (κ3) is 1.91. The van der Waals surface area contributed by atoms with Crippen LogP contribution in [0.3, 0.4) is 0 Å². The zero-order valence-corrected chi connectivity index (χ0v) is 4.98. The van der Waals surface area contributed by atoms with E-state index in [4.69, 9.17) is 0 Å². The summed E-state index contributed by atoms with van der Waals surface area (Å²) in [6.45, 7) is 1.58. The van der Waals surface area contributed by atoms with Crippen molar-refractivity contribution in [3.05, 3.63) is 0 Å². The number of alkyl halides is 1. The molecule has 0 amide bonds. The van der Waals surface area contributed by atoms with Gasteiger partial charge in [-0.3, -0.25) is 0 Å². The Morgan fingerprint density at radius 1 is 1.88 bits per heavy atom. The van der Waals surface area contributed by atoms with Crippen LogP contribution in [0.15, 0.2) is 0 Å². The van der Waals surface area contributed by atoms with Crippen molar-refractivity contribution in [3.8, 4) is 0 Å². The van der Waals surface area contributed by atoms with E-state index in [0.717, 1.165) is 0 Å². The Labute approximate surface area is 47.6 Å². The highest BCUT2D eigenvalue weighted by Crippen LogP contribution is 1.97. The number of hydrogen-bond acceptors (Lipinski definition) is 2. The Balaban J connectivity index is 3.46. The maximum atomic E-state index is 12.1. The molecule has 3 heteroatoms. The molecule has 8 heavy (non-hydrogen) atoms. The summed E-state index contributed by atoms with van der Waals surface area (Å²) in [6.07, 6.45) is -1.26. The van der Waals surface area contributed by atoms with Crippen molar-refractivity contribution in [2.45, 2.75) is 19.5 Å². The summed E-state index contributed by atoms with van der Waals surface area (Å²) in [6, 6.07) is 0. The SMILES string of the molecule is CCC(F)C(=O)OC. The van der Waals surface area contributed by atoms with Crippen LogP contribution in [0.25, 0.3) is 0 Å². The first-order chi connectivity index (χ1) is 3.72. The van der Waals surface area contributed by atoms with Gasteiger partial charge in [0, 0.05) is 0 Å². The highest BCUT2D eigenvalue weighted by Gasteiger charge is 2.13. The maximum absolute atomic E-state index is 12.1. The fraction of sp³-hybridized carbons (Fsp3) is 0.800. The Bertz CT molecular complexity index is 82.5. The zero-order valence-electron chi connectivity index (χ0n) is 4.98. The van der Waals surface area contributed by atoms with E-state index in [2.05, 4.69) is 4.74 Å². The molecular weight excluding hydrogens is 111 g/mol. The molecule has 0 aromatic carbocycles. The zero-order chi connectivity index (χ0) is 6.57. The molecule has 1 unspecified atom stereocenters. The smallest absolute Gasteiger partial charge is 0.340 e. The average molecular weight is 120 g/mol. The number of rotatable bonds is 2. The average Bonchev–Trinajstić information content (AvgIpc) is 1.84. The molecule has 0 spiro atoms. The second-order valence-corrected chi connectivity index (χ2v) is 1.40. The van der Waals surface area contributed by atoms with Gasteiger partial charge in [-0.15, -0.1) is 0 Å². The number of halogens is 1. The Hall–Kier alpha value is -0.600. The number of carbonyl (C=O) groups excluding carboxylic acids is 1. The highest BCUT2D eigenvalue weighted by molar-refractivity contribution is 5.74. The van der Waals surface area contributed by atoms with Crippen LogP contribution in [0.5, 0.6) is 0 Å². The minimum atomic E-state index is -1.44. The lowest BCUT2D eigenvalue weighted by molar-refractivity contribution is -0.146. The van der Waals surface area contributed by atoms with Crippen molar-refractivity contribution >= 4 is 5.97 Å². The number of ether oxygens (including phenoxy) is 1. The van der Waals surface area contributed by atoms with Crippen LogP contribution >= 0.6 is 0 Å². The van der Waals surface area contributed by atoms with Gasteiger partial charge in [0.15, 0.2) is 6.17 Å². The van der Waals surface area contributed by atoms with Gasteiger partial charge in [0.05, 0.1) is 7.11 Å². The minimum Gasteiger partial charge on any atom is -0.467 e. The largest absolute Gasteiger partial charge is 0.467 e. The maximum Gasteiger partial charge on any atom is 0.340 e. The van der Waals surface area contributed by atoms with Crippen LogP contribution in [0.4, 0.5) is 4.39 Å². The monoisotopic (exact) mass is 120 g/mol. The predicted octanol–water partition coefficient (Wildman–Crippen LogP) is 0.908. The fourth-order valence-corrected chi connectivity index (χ4v) is 0.295. The van der Waals surface area contributed by atoms with E-state index in [1.165, 1.54) is 7.11 Å². The summed E-state index contributed by atoms with van der Waals surface area (Å²) < 4.78 is 16.1. The van der Waals surface area contributed by atoms with Crippen molar-refractivity contribution < 1.29 is 13.9 Å². The summed E-state index contributed by atoms with van der Waals surface area (Å²) in [5, 5.41) is 0. The number of hydrogen-bond donors (Lipinski definition) is 0. The Morgan fingerprint density at radius 2 is 2.38 bits per heavy atom. The van der Waals surface area contributed by atoms with Gasteiger partial charge in [-0.1, -0.05) is 6.92 Å². The van der Waals surface area contributed by atoms with Gasteiger partial charge < -0.3 is 4.74 Å². The first kappa shape index (κ1) is 7.40. The van der Waals surface area contributed by atoms with E-state index in [-0.39, 0.29) is 6.42 Å². The summed E-state index contributed by atoms with van der Waals surface area (Å²) in [5.74, 6) is -0.785. The van der Waals surface area contributed by atoms with Gasteiger partial charge in [0.25, 0.3) is 0 Å². The van der Waals surface area contributed by atoms with E-state index in [9.17, 15) is 9.18 Å². The Kier molecular flexibility index (Phi) is 3.15. The van der Waals surface area contributed by atoms with Gasteiger partial charge in [-0.25, -0.2) is 9.18 Å². The highest BCUT2D eigenvalue weighted by atomic mass is 19.1. The van der Waals surface area contributed by atoms with Crippen LogP contribution < -0.4 is 0 Å². The second-order valence-electron chi connectivity index (χ2n) is 1.40. The van der Waals surface area contributed by atoms with E-state index >= 15 is 0 Å². The molecule has 0 aromatic heterocycles. The van der Waals surface area contributed by atoms with Crippen LogP contribution in [-0.4, -0.2) is 19.3 Å². The Morgan fingerprint density at radius 3 is 2.50 bits per heavy atom. The standard InChI is InChI=1S/C5H9FO2/c1-3-4(6)5(7)8-2/h4H,3H2,1-2H3. The molecule has 0 fully saturated rings. The van der Waals surface area contributed by atoms with E-state index in [1.807, 2.05) is 0 Å². The second kappa shape index (κ2) is 3.41. The molecule has 0 radical (unpaired) electrons. The third-order valence-electron chi connectivity index (χ3n) is 0.815. The molecule has 0 aliphatic heterocycles. The molecule has 1 atom stereocenters. The van der Waals surface area contributed by atoms with Crippen LogP contribution in [-0.2, 0) is 9.53 Å². The minimum absolute atomic E-state index is 0.187. The molecule has 0 aliphatic rings. The topological polar surface area (TPSA) is 26.3 Å². The number of esters is 1. The van der Waals surface area contributed by atoms with Crippen molar-refractivity contribution in [3.63, 3.8) is 0 Å². The molecule has 0 heterocycles. The van der Waals surface area contributed by atoms with Crippen LogP contribution in [0, 0.1) is 0 Å². The molecule has 48 valence electrons. The number of carbonyl (C=O) groups is 1. The lowest BCUT2D eigenvalue weighted by Gasteiger charge is -1.99. The molecule has 0 saturated heterocycles. The molecule has 0 rings (SSSR count). The van der Waals surface area contributed by atoms with Gasteiger partial charge in [-0.2, -0.15) is 0 Å². The molecule has 0 aliphatic carbocycles. The molecule has 0 saturated carbocycles. The summed E-state index contributed by atoms with van der Waals surface area (Å²) >= 11 is 0. The van der Waals surface area contributed by atoms with E-state index in [0.29, 0.717) is 0 Å². The van der Waals surface area contributed by atoms with Gasteiger partial charge in [0.2, 0.25) is 0 Å². The molecule has 0 aromatic rings. The van der Waals surface area contributed by atoms with Crippen molar-refractivity contribution in [1.82, 2.24) is 0 Å². The van der Waals surface area contributed by atoms with E-state index in [1.54, 1.807) is 6.92 Å². The number of methoxy groups -OCH3 is 1. The van der Waals surface area contributed by atoms with Crippen molar-refractivity contribution in [1.29, 1.82) is 0 Å². The van der Waals surface area contributed by atoms with E-state index < -0.39 is 12.1 Å². The fourth-order valence-electron chi connectivity index (χ4n) is 0.295. The van der Waals surface area contributed by atoms with Crippen LogP contribution in [0.2, 0.25) is 0 Å². The third-order valence-corrected chi connectivity index (χ3v) is 0.815. The van der Waals surface area contributed by atoms with Gasteiger partial charge >= 0.3 is 5.97 Å². The molecule has 0 N–H and O–H groups in total. The first-order valence-corrected chi connectivity index (χ1v) is 2.44. The van der Waals surface area contributed by atoms with Gasteiger partial charge in [0.1, 0.15) is 0 Å². The van der Waals surface area contributed by atoms with Crippen molar-refractivity contribution in [2.24, 2.45) is 0 Å². The molecule has 0 bridgehead atoms. The summed E-state index contributed by atoms with van der Waals surface area (Å²) in [7, 11) is 1.17. The summed E-state index contributed by atoms with van der Waals surface area (Å²) in [5.41, 5.74) is 0. The summed E-state index contributed by atoms with van der Waals surface area (Å²) in [4.78, 5) is 10.1. The molecule has 2 nitrogen and oxygen atoms in total. The normalized spacial score (nSPS) is 12.9. The quantitative estimate of drug-likeness (QED) is 0.506. The first-order valence-electron chi connectivity index (χ1n) is 2.44. The predicted molar refractivity (Wildman–Crippen MR) is 27.2 cm³/mol. The molecular formula is C5H9FO2. The van der Waals surface area contributed by atoms with Crippen LogP contribution in [0.1, 0.15) is 13.3 Å². The lowest BCUT2D eigenvalue weighted by Crippen LogP contribution is -2.15.